The summed E-state index contributed by atoms with van der Waals surface area (Å²) in [6.45, 7) is 8.77. The van der Waals surface area contributed by atoms with Gasteiger partial charge in [-0.15, -0.1) is 0 Å². The molecule has 3 heteroatoms. The number of nitrogens with one attached hydrogen (secondary N) is 1. The smallest absolute Gasteiger partial charge is 0.0800 e. The second-order valence-corrected chi connectivity index (χ2v) is 4.89. The molecule has 2 nitrogen and oxygen atoms in total. The summed E-state index contributed by atoms with van der Waals surface area (Å²) >= 11 is 5.61. The fraction of sp³-hybridized carbons (Fsp3) is 1.00. The Labute approximate surface area is 81.6 Å². The van der Waals surface area contributed by atoms with Crippen molar-refractivity contribution < 1.29 is 4.48 Å². The molecule has 0 aliphatic carbocycles. The van der Waals surface area contributed by atoms with Crippen LogP contribution in [0.25, 0.3) is 0 Å². The Morgan fingerprint density at radius 2 is 1.83 bits per heavy atom. The standard InChI is InChI=1S/C9H22ClN2/c1-6-12(4,5)8-7-9(2,3)11-10/h11H,6-8H2,1-5H3/q+1. The van der Waals surface area contributed by atoms with E-state index < -0.39 is 0 Å². The molecule has 0 aliphatic rings. The molecule has 0 saturated heterocycles. The molecule has 0 bridgehead atoms. The van der Waals surface area contributed by atoms with Crippen molar-refractivity contribution in [3.63, 3.8) is 0 Å². The fourth-order valence-corrected chi connectivity index (χ4v) is 0.882. The lowest BCUT2D eigenvalue weighted by Gasteiger charge is -2.32. The predicted molar refractivity (Wildman–Crippen MR) is 55.2 cm³/mol. The highest BCUT2D eigenvalue weighted by molar-refractivity contribution is 6.13. The van der Waals surface area contributed by atoms with Crippen molar-refractivity contribution >= 4 is 11.8 Å². The Morgan fingerprint density at radius 3 is 2.17 bits per heavy atom. The molecule has 12 heavy (non-hydrogen) atoms. The van der Waals surface area contributed by atoms with Crippen molar-refractivity contribution in [1.82, 2.24) is 4.84 Å². The van der Waals surface area contributed by atoms with Crippen LogP contribution in [0, 0.1) is 0 Å². The Balaban J connectivity index is 3.82. The van der Waals surface area contributed by atoms with Crippen molar-refractivity contribution in [1.29, 1.82) is 0 Å². The van der Waals surface area contributed by atoms with E-state index in [-0.39, 0.29) is 5.54 Å². The van der Waals surface area contributed by atoms with Crippen molar-refractivity contribution in [3.05, 3.63) is 0 Å². The van der Waals surface area contributed by atoms with Crippen molar-refractivity contribution in [3.8, 4) is 0 Å². The zero-order chi connectivity index (χ0) is 9.83. The van der Waals surface area contributed by atoms with E-state index in [1.165, 1.54) is 6.54 Å². The average molecular weight is 194 g/mol. The SMILES string of the molecule is CC[N+](C)(C)CCC(C)(C)NCl. The predicted octanol–water partition coefficient (Wildman–Crippen LogP) is 1.99. The first-order valence-corrected chi connectivity index (χ1v) is 4.90. The molecular formula is C9H22ClN2+. The van der Waals surface area contributed by atoms with Crippen LogP contribution < -0.4 is 4.84 Å². The van der Waals surface area contributed by atoms with Gasteiger partial charge in [-0.25, -0.2) is 4.84 Å². The van der Waals surface area contributed by atoms with Crippen LogP contribution in [0.15, 0.2) is 0 Å². The molecule has 0 radical (unpaired) electrons. The van der Waals surface area contributed by atoms with Gasteiger partial charge in [-0.2, -0.15) is 0 Å². The van der Waals surface area contributed by atoms with E-state index in [0.717, 1.165) is 17.4 Å². The molecule has 0 aliphatic heterocycles. The van der Waals surface area contributed by atoms with Crippen LogP contribution in [0.1, 0.15) is 27.2 Å². The summed E-state index contributed by atoms with van der Waals surface area (Å²) in [4.78, 5) is 2.80. The first-order chi connectivity index (χ1) is 5.33. The number of nitrogens with zero attached hydrogens (tertiary/aromatic N) is 1. The summed E-state index contributed by atoms with van der Waals surface area (Å²) < 4.78 is 1.06. The Hall–Kier alpha value is 0.210. The van der Waals surface area contributed by atoms with Crippen molar-refractivity contribution in [2.24, 2.45) is 0 Å². The van der Waals surface area contributed by atoms with Crippen LogP contribution in [0.5, 0.6) is 0 Å². The third kappa shape index (κ3) is 4.96. The van der Waals surface area contributed by atoms with Gasteiger partial charge in [0.05, 0.1) is 27.2 Å². The molecule has 0 saturated carbocycles. The molecule has 1 N–H and O–H groups in total. The number of halogens is 1. The summed E-state index contributed by atoms with van der Waals surface area (Å²) in [7, 11) is 4.48. The molecule has 0 heterocycles. The summed E-state index contributed by atoms with van der Waals surface area (Å²) in [5, 5.41) is 0. The van der Waals surface area contributed by atoms with Crippen LogP contribution in [0.4, 0.5) is 0 Å². The minimum atomic E-state index is 0.0479. The normalized spacial score (nSPS) is 13.5. The molecule has 74 valence electrons. The van der Waals surface area contributed by atoms with Crippen molar-refractivity contribution in [2.75, 3.05) is 27.2 Å². The summed E-state index contributed by atoms with van der Waals surface area (Å²) in [5.41, 5.74) is 0.0479. The maximum atomic E-state index is 5.61. The molecule has 0 aromatic heterocycles. The lowest BCUT2D eigenvalue weighted by Crippen LogP contribution is -2.45. The van der Waals surface area contributed by atoms with Crippen LogP contribution >= 0.6 is 11.8 Å². The van der Waals surface area contributed by atoms with Crippen LogP contribution in [-0.4, -0.2) is 37.2 Å². The first kappa shape index (κ1) is 12.2. The van der Waals surface area contributed by atoms with Gasteiger partial charge in [-0.1, -0.05) is 0 Å². The molecule has 0 unspecified atom stereocenters. The van der Waals surface area contributed by atoms with Gasteiger partial charge in [0.25, 0.3) is 0 Å². The number of rotatable bonds is 5. The van der Waals surface area contributed by atoms with E-state index in [1.807, 2.05) is 0 Å². The first-order valence-electron chi connectivity index (χ1n) is 4.53. The fourth-order valence-electron chi connectivity index (χ4n) is 0.788. The lowest BCUT2D eigenvalue weighted by molar-refractivity contribution is -0.889. The van der Waals surface area contributed by atoms with Gasteiger partial charge >= 0.3 is 0 Å². The molecule has 0 spiro atoms. The largest absolute Gasteiger partial charge is 0.329 e. The van der Waals surface area contributed by atoms with E-state index in [9.17, 15) is 0 Å². The second-order valence-electron chi connectivity index (χ2n) is 4.70. The van der Waals surface area contributed by atoms with Crippen molar-refractivity contribution in [2.45, 2.75) is 32.7 Å². The highest BCUT2D eigenvalue weighted by atomic mass is 35.5. The van der Waals surface area contributed by atoms with E-state index >= 15 is 0 Å². The molecule has 0 rings (SSSR count). The number of hydrogen-bond donors (Lipinski definition) is 1. The summed E-state index contributed by atoms with van der Waals surface area (Å²) in [5.74, 6) is 0. The van der Waals surface area contributed by atoms with Gasteiger partial charge in [0.2, 0.25) is 0 Å². The zero-order valence-corrected chi connectivity index (χ0v) is 9.70. The molecule has 0 fully saturated rings. The van der Waals surface area contributed by atoms with Crippen LogP contribution in [0.2, 0.25) is 0 Å². The average Bonchev–Trinajstić information content (AvgIpc) is 2.02. The molecule has 0 atom stereocenters. The topological polar surface area (TPSA) is 12.0 Å². The van der Waals surface area contributed by atoms with Gasteiger partial charge < -0.3 is 4.48 Å². The van der Waals surface area contributed by atoms with E-state index in [1.54, 1.807) is 0 Å². The van der Waals surface area contributed by atoms with Gasteiger partial charge in [0.1, 0.15) is 0 Å². The third-order valence-electron chi connectivity index (χ3n) is 2.45. The van der Waals surface area contributed by atoms with Gasteiger partial charge in [-0.3, -0.25) is 0 Å². The molecule has 0 aromatic rings. The quantitative estimate of drug-likeness (QED) is 0.520. The maximum Gasteiger partial charge on any atom is 0.0800 e. The van der Waals surface area contributed by atoms with E-state index in [0.29, 0.717) is 0 Å². The zero-order valence-electron chi connectivity index (χ0n) is 8.95. The highest BCUT2D eigenvalue weighted by Gasteiger charge is 2.21. The molecule has 0 aromatic carbocycles. The Kier molecular flexibility index (Phi) is 4.53. The van der Waals surface area contributed by atoms with Gasteiger partial charge in [0.15, 0.2) is 0 Å². The lowest BCUT2D eigenvalue weighted by atomic mass is 10.0. The second kappa shape index (κ2) is 4.45. The molecular weight excluding hydrogens is 172 g/mol. The van der Waals surface area contributed by atoms with Gasteiger partial charge in [-0.05, 0) is 32.5 Å². The monoisotopic (exact) mass is 193 g/mol. The Bertz CT molecular complexity index is 116. The van der Waals surface area contributed by atoms with Crippen LogP contribution in [0.3, 0.4) is 0 Å². The number of hydrogen-bond acceptors (Lipinski definition) is 1. The van der Waals surface area contributed by atoms with E-state index in [2.05, 4.69) is 39.7 Å². The maximum absolute atomic E-state index is 5.61. The minimum Gasteiger partial charge on any atom is -0.329 e. The van der Waals surface area contributed by atoms with Gasteiger partial charge in [0, 0.05) is 12.0 Å². The highest BCUT2D eigenvalue weighted by Crippen LogP contribution is 2.11. The summed E-state index contributed by atoms with van der Waals surface area (Å²) in [6.07, 6.45) is 1.09. The van der Waals surface area contributed by atoms with Crippen LogP contribution in [-0.2, 0) is 0 Å². The van der Waals surface area contributed by atoms with E-state index in [4.69, 9.17) is 11.8 Å². The third-order valence-corrected chi connectivity index (χ3v) is 2.97. The number of quaternary nitrogens is 1. The Morgan fingerprint density at radius 1 is 1.33 bits per heavy atom. The summed E-state index contributed by atoms with van der Waals surface area (Å²) in [6, 6.07) is 0. The minimum absolute atomic E-state index is 0.0479. The molecule has 0 amide bonds.